The highest BCUT2D eigenvalue weighted by atomic mass is 16.6. The van der Waals surface area contributed by atoms with Crippen LogP contribution in [0.2, 0.25) is 0 Å². The monoisotopic (exact) mass is 416 g/mol. The van der Waals surface area contributed by atoms with Crippen molar-refractivity contribution in [1.82, 2.24) is 4.90 Å². The number of hydrogen-bond acceptors (Lipinski definition) is 6. The fraction of sp³-hybridized carbons (Fsp3) is 0.609. The summed E-state index contributed by atoms with van der Waals surface area (Å²) in [6, 6.07) is 9.69. The van der Waals surface area contributed by atoms with Crippen molar-refractivity contribution in [2.24, 2.45) is 5.92 Å². The Morgan fingerprint density at radius 1 is 1.20 bits per heavy atom. The van der Waals surface area contributed by atoms with E-state index >= 15 is 0 Å². The van der Waals surface area contributed by atoms with E-state index in [1.807, 2.05) is 52.0 Å². The van der Waals surface area contributed by atoms with Gasteiger partial charge in [-0.1, -0.05) is 12.1 Å². The second-order valence-corrected chi connectivity index (χ2v) is 8.40. The van der Waals surface area contributed by atoms with E-state index in [0.717, 1.165) is 5.56 Å². The molecule has 1 fully saturated rings. The van der Waals surface area contributed by atoms with Crippen molar-refractivity contribution in [1.29, 1.82) is 5.26 Å². The molecule has 1 unspecified atom stereocenters. The van der Waals surface area contributed by atoms with Gasteiger partial charge in [0.15, 0.2) is 5.92 Å². The first-order chi connectivity index (χ1) is 14.2. The smallest absolute Gasteiger partial charge is 0.410 e. The zero-order chi connectivity index (χ0) is 22.4. The van der Waals surface area contributed by atoms with Crippen molar-refractivity contribution in [2.75, 3.05) is 26.3 Å². The highest BCUT2D eigenvalue weighted by molar-refractivity contribution is 5.78. The fourth-order valence-electron chi connectivity index (χ4n) is 3.85. The van der Waals surface area contributed by atoms with E-state index < -0.39 is 22.9 Å². The normalized spacial score (nSPS) is 16.9. The summed E-state index contributed by atoms with van der Waals surface area (Å²) in [4.78, 5) is 26.8. The lowest BCUT2D eigenvalue weighted by molar-refractivity contribution is -0.149. The van der Waals surface area contributed by atoms with Gasteiger partial charge in [-0.3, -0.25) is 4.79 Å². The standard InChI is InChI=1S/C23H32N2O5/c1-6-28-18-10-8-9-17(15-18)23(19(16-24)20(26)29-7-2)11-13-25(14-12-23)21(27)30-22(3,4)5/h8-10,15,19H,6-7,11-14H2,1-5H3. The molecule has 1 aromatic rings. The number of benzene rings is 1. The Hall–Kier alpha value is -2.75. The van der Waals surface area contributed by atoms with Crippen LogP contribution in [-0.4, -0.2) is 48.9 Å². The van der Waals surface area contributed by atoms with Gasteiger partial charge in [0.05, 0.1) is 19.3 Å². The predicted molar refractivity (Wildman–Crippen MR) is 112 cm³/mol. The van der Waals surface area contributed by atoms with Crippen LogP contribution in [0.3, 0.4) is 0 Å². The largest absolute Gasteiger partial charge is 0.494 e. The van der Waals surface area contributed by atoms with Crippen molar-refractivity contribution >= 4 is 12.1 Å². The highest BCUT2D eigenvalue weighted by Crippen LogP contribution is 2.43. The van der Waals surface area contributed by atoms with Gasteiger partial charge < -0.3 is 19.1 Å². The number of ether oxygens (including phenoxy) is 3. The molecule has 164 valence electrons. The maximum atomic E-state index is 12.7. The summed E-state index contributed by atoms with van der Waals surface area (Å²) >= 11 is 0. The van der Waals surface area contributed by atoms with Crippen LogP contribution < -0.4 is 4.74 Å². The molecule has 1 atom stereocenters. The second-order valence-electron chi connectivity index (χ2n) is 8.40. The summed E-state index contributed by atoms with van der Waals surface area (Å²) in [6.07, 6.45) is 0.501. The van der Waals surface area contributed by atoms with E-state index in [9.17, 15) is 14.9 Å². The van der Waals surface area contributed by atoms with E-state index in [-0.39, 0.29) is 12.7 Å². The van der Waals surface area contributed by atoms with Gasteiger partial charge >= 0.3 is 12.1 Å². The Morgan fingerprint density at radius 2 is 1.87 bits per heavy atom. The van der Waals surface area contributed by atoms with Gasteiger partial charge in [0.1, 0.15) is 11.4 Å². The highest BCUT2D eigenvalue weighted by Gasteiger charge is 2.48. The SMILES string of the molecule is CCOC(=O)C(C#N)C1(c2cccc(OCC)c2)CCN(C(=O)OC(C)(C)C)CC1. The quantitative estimate of drug-likeness (QED) is 0.650. The Morgan fingerprint density at radius 3 is 2.40 bits per heavy atom. The average Bonchev–Trinajstić information content (AvgIpc) is 2.68. The molecule has 0 spiro atoms. The van der Waals surface area contributed by atoms with Gasteiger partial charge in [-0.25, -0.2) is 4.79 Å². The Kier molecular flexibility index (Phi) is 7.71. The summed E-state index contributed by atoms with van der Waals surface area (Å²) in [6.45, 7) is 10.6. The number of likely N-dealkylation sites (tertiary alicyclic amines) is 1. The molecule has 1 saturated heterocycles. The molecule has 0 radical (unpaired) electrons. The molecule has 0 saturated carbocycles. The topological polar surface area (TPSA) is 88.9 Å². The van der Waals surface area contributed by atoms with Crippen LogP contribution in [0.5, 0.6) is 5.75 Å². The zero-order valence-electron chi connectivity index (χ0n) is 18.6. The molecular formula is C23H32N2O5. The van der Waals surface area contributed by atoms with Gasteiger partial charge in [-0.05, 0) is 65.2 Å². The fourth-order valence-corrected chi connectivity index (χ4v) is 3.85. The van der Waals surface area contributed by atoms with Gasteiger partial charge in [0.25, 0.3) is 0 Å². The van der Waals surface area contributed by atoms with Crippen molar-refractivity contribution < 1.29 is 23.8 Å². The molecule has 1 aliphatic heterocycles. The maximum absolute atomic E-state index is 12.7. The van der Waals surface area contributed by atoms with Gasteiger partial charge in [-0.15, -0.1) is 0 Å². The van der Waals surface area contributed by atoms with Crippen molar-refractivity contribution in [3.8, 4) is 11.8 Å². The molecular weight excluding hydrogens is 384 g/mol. The van der Waals surface area contributed by atoms with Crippen molar-refractivity contribution in [3.05, 3.63) is 29.8 Å². The van der Waals surface area contributed by atoms with E-state index in [4.69, 9.17) is 14.2 Å². The lowest BCUT2D eigenvalue weighted by atomic mass is 9.64. The number of nitrogens with zero attached hydrogens (tertiary/aromatic N) is 2. The molecule has 7 heteroatoms. The van der Waals surface area contributed by atoms with Crippen LogP contribution in [-0.2, 0) is 19.7 Å². The van der Waals surface area contributed by atoms with Gasteiger partial charge in [0.2, 0.25) is 0 Å². The van der Waals surface area contributed by atoms with Crippen LogP contribution in [0.1, 0.15) is 53.0 Å². The Labute approximate surface area is 178 Å². The average molecular weight is 417 g/mol. The van der Waals surface area contributed by atoms with Crippen LogP contribution in [0, 0.1) is 17.2 Å². The Bertz CT molecular complexity index is 786. The lowest BCUT2D eigenvalue weighted by Crippen LogP contribution is -2.51. The molecule has 1 aromatic carbocycles. The molecule has 1 heterocycles. The molecule has 7 nitrogen and oxygen atoms in total. The van der Waals surface area contributed by atoms with E-state index in [1.54, 1.807) is 11.8 Å². The number of amides is 1. The summed E-state index contributed by atoms with van der Waals surface area (Å²) in [7, 11) is 0. The minimum atomic E-state index is -0.977. The molecule has 0 N–H and O–H groups in total. The third-order valence-corrected chi connectivity index (χ3v) is 5.23. The first-order valence-corrected chi connectivity index (χ1v) is 10.4. The molecule has 0 aromatic heterocycles. The first kappa shape index (κ1) is 23.5. The van der Waals surface area contributed by atoms with Crippen LogP contribution in [0.4, 0.5) is 4.79 Å². The molecule has 2 rings (SSSR count). The van der Waals surface area contributed by atoms with Crippen LogP contribution >= 0.6 is 0 Å². The molecule has 0 bridgehead atoms. The van der Waals surface area contributed by atoms with Gasteiger partial charge in [-0.2, -0.15) is 5.26 Å². The number of hydrogen-bond donors (Lipinski definition) is 0. The Balaban J connectivity index is 2.37. The molecule has 1 aliphatic rings. The summed E-state index contributed by atoms with van der Waals surface area (Å²) in [5, 5.41) is 9.92. The number of carbonyl (C=O) groups excluding carboxylic acids is 2. The second kappa shape index (κ2) is 9.84. The number of esters is 1. The summed E-state index contributed by atoms with van der Waals surface area (Å²) in [5.41, 5.74) is -0.513. The van der Waals surface area contributed by atoms with Crippen LogP contribution in [0.25, 0.3) is 0 Å². The minimum absolute atomic E-state index is 0.204. The number of carbonyl (C=O) groups is 2. The lowest BCUT2D eigenvalue weighted by Gasteiger charge is -2.44. The summed E-state index contributed by atoms with van der Waals surface area (Å²) < 4.78 is 16.3. The predicted octanol–water partition coefficient (Wildman–Crippen LogP) is 4.06. The zero-order valence-corrected chi connectivity index (χ0v) is 18.6. The number of rotatable bonds is 6. The van der Waals surface area contributed by atoms with E-state index in [1.165, 1.54) is 0 Å². The van der Waals surface area contributed by atoms with Crippen molar-refractivity contribution in [2.45, 2.75) is 58.5 Å². The first-order valence-electron chi connectivity index (χ1n) is 10.4. The van der Waals surface area contributed by atoms with Gasteiger partial charge in [0, 0.05) is 18.5 Å². The third kappa shape index (κ3) is 5.44. The minimum Gasteiger partial charge on any atom is -0.494 e. The summed E-state index contributed by atoms with van der Waals surface area (Å²) in [5.74, 6) is -0.827. The molecule has 0 aliphatic carbocycles. The van der Waals surface area contributed by atoms with E-state index in [0.29, 0.717) is 38.3 Å². The number of nitriles is 1. The maximum Gasteiger partial charge on any atom is 0.410 e. The van der Waals surface area contributed by atoms with Crippen LogP contribution in [0.15, 0.2) is 24.3 Å². The van der Waals surface area contributed by atoms with E-state index in [2.05, 4.69) is 6.07 Å². The molecule has 1 amide bonds. The van der Waals surface area contributed by atoms with Crippen molar-refractivity contribution in [3.63, 3.8) is 0 Å². The molecule has 30 heavy (non-hydrogen) atoms. The number of piperidine rings is 1. The third-order valence-electron chi connectivity index (χ3n) is 5.23.